The van der Waals surface area contributed by atoms with Gasteiger partial charge < -0.3 is 9.88 Å². The van der Waals surface area contributed by atoms with Crippen LogP contribution in [0.25, 0.3) is 0 Å². The van der Waals surface area contributed by atoms with Crippen molar-refractivity contribution in [1.29, 1.82) is 0 Å². The van der Waals surface area contributed by atoms with Gasteiger partial charge in [-0.2, -0.15) is 11.8 Å². The fourth-order valence-corrected chi connectivity index (χ4v) is 3.48. The minimum atomic E-state index is -0.829. The zero-order valence-corrected chi connectivity index (χ0v) is 14.3. The molecule has 1 fully saturated rings. The number of carbonyl (C=O) groups excluding carboxylic acids is 1. The maximum absolute atomic E-state index is 13.8. The molecule has 0 unspecified atom stereocenters. The predicted octanol–water partition coefficient (Wildman–Crippen LogP) is 1.59. The highest BCUT2D eigenvalue weighted by atomic mass is 32.2. The summed E-state index contributed by atoms with van der Waals surface area (Å²) < 4.78 is 15.7. The minimum Gasteiger partial charge on any atom is -0.354 e. The van der Waals surface area contributed by atoms with E-state index in [1.165, 1.54) is 0 Å². The number of amides is 1. The maximum atomic E-state index is 13.8. The van der Waals surface area contributed by atoms with Gasteiger partial charge in [-0.15, -0.1) is 0 Å². The molecule has 3 atom stereocenters. The maximum Gasteiger partial charge on any atom is 0.233 e. The molecular formula is C15H25FN4OS. The number of hydrogen-bond donors (Lipinski definition) is 1. The number of nitrogens with one attached hydrogen (secondary N) is 1. The smallest absolute Gasteiger partial charge is 0.233 e. The number of thioether (sulfide) groups is 1. The molecule has 1 aliphatic rings. The molecule has 1 saturated heterocycles. The molecule has 1 aromatic heterocycles. The van der Waals surface area contributed by atoms with Crippen LogP contribution in [-0.4, -0.2) is 57.2 Å². The summed E-state index contributed by atoms with van der Waals surface area (Å²) in [4.78, 5) is 18.4. The van der Waals surface area contributed by atoms with Gasteiger partial charge in [-0.3, -0.25) is 9.69 Å². The van der Waals surface area contributed by atoms with Gasteiger partial charge in [0, 0.05) is 38.6 Å². The molecule has 5 nitrogen and oxygen atoms in total. The number of rotatable bonds is 7. The average Bonchev–Trinajstić information content (AvgIpc) is 3.05. The lowest BCUT2D eigenvalue weighted by atomic mass is 10.2. The van der Waals surface area contributed by atoms with Crippen LogP contribution in [0.4, 0.5) is 4.39 Å². The summed E-state index contributed by atoms with van der Waals surface area (Å²) in [6.45, 7) is 3.53. The van der Waals surface area contributed by atoms with Gasteiger partial charge in [-0.1, -0.05) is 6.92 Å². The molecule has 1 aliphatic heterocycles. The molecule has 0 bridgehead atoms. The van der Waals surface area contributed by atoms with E-state index in [1.54, 1.807) is 18.0 Å². The van der Waals surface area contributed by atoms with Gasteiger partial charge in [0.1, 0.15) is 12.0 Å². The van der Waals surface area contributed by atoms with E-state index in [0.717, 1.165) is 12.2 Å². The second-order valence-electron chi connectivity index (χ2n) is 5.75. The van der Waals surface area contributed by atoms with Gasteiger partial charge in [-0.25, -0.2) is 9.37 Å². The van der Waals surface area contributed by atoms with Gasteiger partial charge in [0.2, 0.25) is 5.91 Å². The van der Waals surface area contributed by atoms with Crippen molar-refractivity contribution in [3.8, 4) is 0 Å². The summed E-state index contributed by atoms with van der Waals surface area (Å²) in [5.74, 6) is 0.968. The van der Waals surface area contributed by atoms with Crippen LogP contribution in [0.2, 0.25) is 0 Å². The Labute approximate surface area is 135 Å². The lowest BCUT2D eigenvalue weighted by molar-refractivity contribution is -0.120. The Bertz CT molecular complexity index is 492. The number of hydrogen-bond acceptors (Lipinski definition) is 4. The van der Waals surface area contributed by atoms with Crippen molar-refractivity contribution in [3.63, 3.8) is 0 Å². The molecule has 124 valence electrons. The van der Waals surface area contributed by atoms with E-state index in [4.69, 9.17) is 0 Å². The van der Waals surface area contributed by atoms with Crippen molar-refractivity contribution < 1.29 is 9.18 Å². The van der Waals surface area contributed by atoms with Crippen LogP contribution >= 0.6 is 11.8 Å². The Kier molecular flexibility index (Phi) is 6.26. The third-order valence-corrected chi connectivity index (χ3v) is 5.32. The lowest BCUT2D eigenvalue weighted by Crippen LogP contribution is -2.42. The lowest BCUT2D eigenvalue weighted by Gasteiger charge is -2.24. The van der Waals surface area contributed by atoms with Gasteiger partial charge in [0.25, 0.3) is 0 Å². The fourth-order valence-electron chi connectivity index (χ4n) is 2.85. The second-order valence-corrected chi connectivity index (χ2v) is 6.79. The largest absolute Gasteiger partial charge is 0.354 e. The highest BCUT2D eigenvalue weighted by Crippen LogP contribution is 2.22. The van der Waals surface area contributed by atoms with Gasteiger partial charge in [0.05, 0.1) is 11.8 Å². The highest BCUT2D eigenvalue weighted by molar-refractivity contribution is 7.99. The van der Waals surface area contributed by atoms with Crippen LogP contribution in [0, 0.1) is 0 Å². The topological polar surface area (TPSA) is 50.2 Å². The van der Waals surface area contributed by atoms with E-state index in [2.05, 4.69) is 15.2 Å². The van der Waals surface area contributed by atoms with Gasteiger partial charge in [0.15, 0.2) is 0 Å². The second kappa shape index (κ2) is 7.97. The van der Waals surface area contributed by atoms with Crippen LogP contribution in [0.15, 0.2) is 12.4 Å². The van der Waals surface area contributed by atoms with Crippen LogP contribution in [-0.2, 0) is 18.4 Å². The number of likely N-dealkylation sites (tertiary alicyclic amines) is 1. The Morgan fingerprint density at radius 1 is 1.64 bits per heavy atom. The Balaban J connectivity index is 1.91. The summed E-state index contributed by atoms with van der Waals surface area (Å²) in [6.07, 6.45) is 6.03. The molecule has 1 N–H and O–H groups in total. The molecule has 0 aliphatic carbocycles. The monoisotopic (exact) mass is 328 g/mol. The van der Waals surface area contributed by atoms with Gasteiger partial charge in [-0.05, 0) is 19.1 Å². The quantitative estimate of drug-likeness (QED) is 0.826. The third kappa shape index (κ3) is 4.23. The van der Waals surface area contributed by atoms with Gasteiger partial charge >= 0.3 is 0 Å². The minimum absolute atomic E-state index is 0.0226. The standard InChI is InChI=1S/C15H25FN4OS/c1-4-13(22-3)15(21)18-8-12-7-11(16)9-20(12)10-14-17-5-6-19(14)2/h5-6,11-13H,4,7-10H2,1-3H3,(H,18,21)/t11-,12-,13-/m0/s1. The van der Waals surface area contributed by atoms with Crippen LogP contribution in [0.5, 0.6) is 0 Å². The number of nitrogens with zero attached hydrogens (tertiary/aromatic N) is 3. The first-order valence-corrected chi connectivity index (χ1v) is 8.98. The van der Waals surface area contributed by atoms with E-state index in [0.29, 0.717) is 26.1 Å². The molecule has 0 spiro atoms. The van der Waals surface area contributed by atoms with Crippen molar-refractivity contribution in [3.05, 3.63) is 18.2 Å². The number of aryl methyl sites for hydroxylation is 1. The molecule has 2 rings (SSSR count). The number of imidazole rings is 1. The summed E-state index contributed by atoms with van der Waals surface area (Å²) in [5.41, 5.74) is 0. The summed E-state index contributed by atoms with van der Waals surface area (Å²) in [6, 6.07) is 0.0370. The molecule has 0 aromatic carbocycles. The van der Waals surface area contributed by atoms with E-state index >= 15 is 0 Å². The molecule has 0 radical (unpaired) electrons. The first-order valence-electron chi connectivity index (χ1n) is 7.70. The molecule has 1 aromatic rings. The molecule has 0 saturated carbocycles. The summed E-state index contributed by atoms with van der Waals surface area (Å²) in [5, 5.41) is 2.95. The average molecular weight is 328 g/mol. The first-order chi connectivity index (χ1) is 10.5. The van der Waals surface area contributed by atoms with Crippen molar-refractivity contribution in [2.24, 2.45) is 7.05 Å². The van der Waals surface area contributed by atoms with Crippen molar-refractivity contribution in [1.82, 2.24) is 19.8 Å². The van der Waals surface area contributed by atoms with E-state index in [-0.39, 0.29) is 17.2 Å². The Morgan fingerprint density at radius 3 is 3.00 bits per heavy atom. The first kappa shape index (κ1) is 17.3. The molecule has 22 heavy (non-hydrogen) atoms. The normalized spacial score (nSPS) is 23.6. The molecule has 1 amide bonds. The number of alkyl halides is 1. The SMILES string of the molecule is CC[C@H](SC)C(=O)NC[C@@H]1C[C@H](F)CN1Cc1nccn1C. The summed E-state index contributed by atoms with van der Waals surface area (Å²) in [7, 11) is 1.94. The summed E-state index contributed by atoms with van der Waals surface area (Å²) >= 11 is 1.55. The molecule has 2 heterocycles. The van der Waals surface area contributed by atoms with E-state index < -0.39 is 6.17 Å². The predicted molar refractivity (Wildman–Crippen MR) is 87.5 cm³/mol. The fraction of sp³-hybridized carbons (Fsp3) is 0.733. The van der Waals surface area contributed by atoms with Crippen molar-refractivity contribution in [2.45, 2.75) is 43.8 Å². The zero-order valence-electron chi connectivity index (χ0n) is 13.5. The van der Waals surface area contributed by atoms with Crippen molar-refractivity contribution >= 4 is 17.7 Å². The van der Waals surface area contributed by atoms with E-state index in [1.807, 2.05) is 31.0 Å². The zero-order chi connectivity index (χ0) is 16.1. The van der Waals surface area contributed by atoms with Crippen molar-refractivity contribution in [2.75, 3.05) is 19.3 Å². The molecule has 7 heteroatoms. The number of halogens is 1. The Hall–Kier alpha value is -1.08. The number of carbonyl (C=O) groups is 1. The Morgan fingerprint density at radius 2 is 2.41 bits per heavy atom. The third-order valence-electron chi connectivity index (χ3n) is 4.20. The number of aromatic nitrogens is 2. The highest BCUT2D eigenvalue weighted by Gasteiger charge is 2.33. The molecular weight excluding hydrogens is 303 g/mol. The van der Waals surface area contributed by atoms with Crippen LogP contribution < -0.4 is 5.32 Å². The van der Waals surface area contributed by atoms with E-state index in [9.17, 15) is 9.18 Å². The van der Waals surface area contributed by atoms with Crippen LogP contribution in [0.3, 0.4) is 0 Å². The van der Waals surface area contributed by atoms with Crippen LogP contribution in [0.1, 0.15) is 25.6 Å².